The fourth-order valence-electron chi connectivity index (χ4n) is 2.27. The monoisotopic (exact) mass is 308 g/mol. The van der Waals surface area contributed by atoms with Crippen LogP contribution in [0.1, 0.15) is 18.4 Å². The van der Waals surface area contributed by atoms with Crippen LogP contribution in [0.25, 0.3) is 0 Å². The number of amides is 1. The molecular formula is C15H20N2O5. The number of nitrogens with one attached hydrogen (secondary N) is 1. The van der Waals surface area contributed by atoms with Crippen LogP contribution in [0.15, 0.2) is 18.3 Å². The van der Waals surface area contributed by atoms with E-state index < -0.39 is 18.1 Å². The summed E-state index contributed by atoms with van der Waals surface area (Å²) in [5.74, 6) is -0.293. The maximum atomic E-state index is 12.1. The van der Waals surface area contributed by atoms with Gasteiger partial charge in [0, 0.05) is 25.3 Å². The first kappa shape index (κ1) is 16.2. The molecule has 0 aliphatic carbocycles. The summed E-state index contributed by atoms with van der Waals surface area (Å²) in [4.78, 5) is 28.0. The molecule has 120 valence electrons. The first-order valence-electron chi connectivity index (χ1n) is 7.12. The fourth-order valence-corrected chi connectivity index (χ4v) is 2.27. The van der Waals surface area contributed by atoms with Gasteiger partial charge in [-0.1, -0.05) is 6.07 Å². The highest BCUT2D eigenvalue weighted by molar-refractivity contribution is 5.87. The minimum atomic E-state index is -0.767. The van der Waals surface area contributed by atoms with Crippen molar-refractivity contribution in [3.8, 4) is 5.88 Å². The summed E-state index contributed by atoms with van der Waals surface area (Å²) >= 11 is 0. The number of carbonyl (C=O) groups excluding carboxylic acids is 2. The summed E-state index contributed by atoms with van der Waals surface area (Å²) in [5.41, 5.74) is 0.795. The van der Waals surface area contributed by atoms with E-state index in [4.69, 9.17) is 14.2 Å². The zero-order valence-electron chi connectivity index (χ0n) is 12.7. The molecule has 0 spiro atoms. The number of rotatable bonds is 6. The van der Waals surface area contributed by atoms with E-state index in [-0.39, 0.29) is 5.91 Å². The molecule has 7 nitrogen and oxygen atoms in total. The van der Waals surface area contributed by atoms with Crippen molar-refractivity contribution in [3.05, 3.63) is 23.9 Å². The molecule has 2 atom stereocenters. The predicted octanol–water partition coefficient (Wildman–Crippen LogP) is 0.469. The second-order valence-electron chi connectivity index (χ2n) is 5.00. The second kappa shape index (κ2) is 7.74. The molecule has 1 amide bonds. The Kier molecular flexibility index (Phi) is 5.71. The van der Waals surface area contributed by atoms with Crippen LogP contribution in [0.3, 0.4) is 0 Å². The molecule has 1 aliphatic rings. The highest BCUT2D eigenvalue weighted by atomic mass is 16.5. The number of esters is 1. The lowest BCUT2D eigenvalue weighted by atomic mass is 10.1. The summed E-state index contributed by atoms with van der Waals surface area (Å²) in [7, 11) is 2.82. The molecule has 0 radical (unpaired) electrons. The van der Waals surface area contributed by atoms with Crippen LogP contribution >= 0.6 is 0 Å². The Morgan fingerprint density at radius 1 is 1.45 bits per heavy atom. The van der Waals surface area contributed by atoms with Crippen LogP contribution < -0.4 is 10.1 Å². The molecule has 1 aromatic heterocycles. The van der Waals surface area contributed by atoms with E-state index in [2.05, 4.69) is 10.3 Å². The molecule has 0 bridgehead atoms. The molecule has 0 saturated carbocycles. The van der Waals surface area contributed by atoms with Crippen LogP contribution in [-0.2, 0) is 25.5 Å². The summed E-state index contributed by atoms with van der Waals surface area (Å²) in [6, 6.07) is 2.72. The summed E-state index contributed by atoms with van der Waals surface area (Å²) in [6.07, 6.45) is 2.93. The summed E-state index contributed by atoms with van der Waals surface area (Å²) in [5, 5.41) is 2.69. The summed E-state index contributed by atoms with van der Waals surface area (Å²) < 4.78 is 15.1. The number of carbonyl (C=O) groups is 2. The Labute approximate surface area is 129 Å². The number of pyridine rings is 1. The van der Waals surface area contributed by atoms with Crippen molar-refractivity contribution in [2.45, 2.75) is 31.4 Å². The van der Waals surface area contributed by atoms with Crippen molar-refractivity contribution in [1.29, 1.82) is 0 Å². The Hall–Kier alpha value is -2.15. The minimum Gasteiger partial charge on any atom is -0.481 e. The molecule has 7 heteroatoms. The lowest BCUT2D eigenvalue weighted by Gasteiger charge is -2.18. The zero-order valence-corrected chi connectivity index (χ0v) is 12.7. The molecule has 1 saturated heterocycles. The third-order valence-corrected chi connectivity index (χ3v) is 3.47. The molecule has 0 aromatic carbocycles. The van der Waals surface area contributed by atoms with E-state index in [1.54, 1.807) is 18.3 Å². The van der Waals surface area contributed by atoms with Crippen LogP contribution in [0, 0.1) is 0 Å². The van der Waals surface area contributed by atoms with Gasteiger partial charge < -0.3 is 19.5 Å². The maximum Gasteiger partial charge on any atom is 0.328 e. The van der Waals surface area contributed by atoms with Gasteiger partial charge in [0.1, 0.15) is 12.1 Å². The first-order valence-corrected chi connectivity index (χ1v) is 7.12. The largest absolute Gasteiger partial charge is 0.481 e. The number of methoxy groups -OCH3 is 2. The molecule has 1 N–H and O–H groups in total. The predicted molar refractivity (Wildman–Crippen MR) is 77.4 cm³/mol. The lowest BCUT2D eigenvalue weighted by molar-refractivity contribution is -0.146. The molecule has 1 aromatic rings. The van der Waals surface area contributed by atoms with Crippen molar-refractivity contribution in [2.24, 2.45) is 0 Å². The van der Waals surface area contributed by atoms with Crippen molar-refractivity contribution in [3.63, 3.8) is 0 Å². The van der Waals surface area contributed by atoms with Gasteiger partial charge in [-0.05, 0) is 18.4 Å². The maximum absolute atomic E-state index is 12.1. The van der Waals surface area contributed by atoms with E-state index >= 15 is 0 Å². The average Bonchev–Trinajstić information content (AvgIpc) is 3.08. The van der Waals surface area contributed by atoms with Crippen molar-refractivity contribution < 1.29 is 23.8 Å². The molecule has 1 fully saturated rings. The SMILES string of the molecule is COC(=O)[C@@H](Cc1ccc(OC)nc1)NC(=O)[C@@H]1CCCO1. The molecular weight excluding hydrogens is 288 g/mol. The van der Waals surface area contributed by atoms with Crippen molar-refractivity contribution >= 4 is 11.9 Å². The molecule has 1 aliphatic heterocycles. The van der Waals surface area contributed by atoms with Gasteiger partial charge in [0.15, 0.2) is 0 Å². The van der Waals surface area contributed by atoms with Gasteiger partial charge in [-0.15, -0.1) is 0 Å². The number of aromatic nitrogens is 1. The Morgan fingerprint density at radius 3 is 2.82 bits per heavy atom. The molecule has 22 heavy (non-hydrogen) atoms. The van der Waals surface area contributed by atoms with E-state index in [9.17, 15) is 9.59 Å². The second-order valence-corrected chi connectivity index (χ2v) is 5.00. The van der Waals surface area contributed by atoms with Gasteiger partial charge in [-0.2, -0.15) is 0 Å². The van der Waals surface area contributed by atoms with Gasteiger partial charge in [-0.3, -0.25) is 4.79 Å². The van der Waals surface area contributed by atoms with Crippen molar-refractivity contribution in [1.82, 2.24) is 10.3 Å². The normalized spacial score (nSPS) is 18.5. The number of ether oxygens (including phenoxy) is 3. The van der Waals surface area contributed by atoms with E-state index in [0.29, 0.717) is 25.3 Å². The molecule has 2 heterocycles. The molecule has 2 rings (SSSR count). The Bertz CT molecular complexity index is 511. The third-order valence-electron chi connectivity index (χ3n) is 3.47. The first-order chi connectivity index (χ1) is 10.6. The van der Waals surface area contributed by atoms with Gasteiger partial charge in [0.05, 0.1) is 14.2 Å². The lowest BCUT2D eigenvalue weighted by Crippen LogP contribution is -2.47. The van der Waals surface area contributed by atoms with E-state index in [1.807, 2.05) is 0 Å². The van der Waals surface area contributed by atoms with Gasteiger partial charge >= 0.3 is 5.97 Å². The molecule has 0 unspecified atom stereocenters. The van der Waals surface area contributed by atoms with Gasteiger partial charge in [-0.25, -0.2) is 9.78 Å². The summed E-state index contributed by atoms with van der Waals surface area (Å²) in [6.45, 7) is 0.573. The van der Waals surface area contributed by atoms with Gasteiger partial charge in [0.2, 0.25) is 11.8 Å². The van der Waals surface area contributed by atoms with Crippen LogP contribution in [-0.4, -0.2) is 49.8 Å². The Balaban J connectivity index is 2.01. The average molecular weight is 308 g/mol. The van der Waals surface area contributed by atoms with Crippen molar-refractivity contribution in [2.75, 3.05) is 20.8 Å². The fraction of sp³-hybridized carbons (Fsp3) is 0.533. The van der Waals surface area contributed by atoms with Crippen LogP contribution in [0.2, 0.25) is 0 Å². The topological polar surface area (TPSA) is 86.8 Å². The quantitative estimate of drug-likeness (QED) is 0.769. The van der Waals surface area contributed by atoms with Crippen LogP contribution in [0.5, 0.6) is 5.88 Å². The highest BCUT2D eigenvalue weighted by Gasteiger charge is 2.29. The van der Waals surface area contributed by atoms with E-state index in [1.165, 1.54) is 14.2 Å². The standard InChI is InChI=1S/C15H20N2O5/c1-20-13-6-5-10(9-16-13)8-11(15(19)21-2)17-14(18)12-4-3-7-22-12/h5-6,9,11-12H,3-4,7-8H2,1-2H3,(H,17,18)/t11-,12+/m1/s1. The number of hydrogen-bond donors (Lipinski definition) is 1. The van der Waals surface area contributed by atoms with E-state index in [0.717, 1.165) is 12.0 Å². The minimum absolute atomic E-state index is 0.283. The van der Waals surface area contributed by atoms with Gasteiger partial charge in [0.25, 0.3) is 0 Å². The smallest absolute Gasteiger partial charge is 0.328 e. The zero-order chi connectivity index (χ0) is 15.9. The van der Waals surface area contributed by atoms with Crippen LogP contribution in [0.4, 0.5) is 0 Å². The number of nitrogens with zero attached hydrogens (tertiary/aromatic N) is 1. The number of hydrogen-bond acceptors (Lipinski definition) is 6. The Morgan fingerprint density at radius 2 is 2.27 bits per heavy atom. The third kappa shape index (κ3) is 4.17. The highest BCUT2D eigenvalue weighted by Crippen LogP contribution is 2.13.